The second kappa shape index (κ2) is 5.80. The van der Waals surface area contributed by atoms with Crippen LogP contribution in [0, 0.1) is 0 Å². The van der Waals surface area contributed by atoms with Crippen LogP contribution in [-0.4, -0.2) is 29.9 Å². The zero-order valence-corrected chi connectivity index (χ0v) is 9.54. The predicted octanol–water partition coefficient (Wildman–Crippen LogP) is 1.27. The first-order valence-electron chi connectivity index (χ1n) is 5.75. The van der Waals surface area contributed by atoms with E-state index in [0.29, 0.717) is 19.4 Å². The number of aliphatic hydroxyl groups is 1. The Balaban J connectivity index is 1.70. The molecular weight excluding hydrogens is 220 g/mol. The lowest BCUT2D eigenvalue weighted by Gasteiger charge is -2.16. The molecule has 1 heterocycles. The lowest BCUT2D eigenvalue weighted by molar-refractivity contribution is -0.147. The smallest absolute Gasteiger partial charge is 0.306 e. The number of carbonyl (C=O) groups is 1. The molecule has 0 bridgehead atoms. The minimum Gasteiger partial charge on any atom is -0.459 e. The summed E-state index contributed by atoms with van der Waals surface area (Å²) in [4.78, 5) is 10.9. The molecule has 0 aliphatic carbocycles. The van der Waals surface area contributed by atoms with Crippen molar-refractivity contribution in [3.05, 3.63) is 35.9 Å². The van der Waals surface area contributed by atoms with Gasteiger partial charge in [-0.05, 0) is 12.0 Å². The van der Waals surface area contributed by atoms with Crippen molar-refractivity contribution in [3.8, 4) is 0 Å². The fourth-order valence-corrected chi connectivity index (χ4v) is 1.80. The Labute approximate surface area is 100 Å². The quantitative estimate of drug-likeness (QED) is 0.782. The molecule has 1 fully saturated rings. The summed E-state index contributed by atoms with van der Waals surface area (Å²) in [5, 5.41) is 9.74. The van der Waals surface area contributed by atoms with Gasteiger partial charge in [-0.1, -0.05) is 30.3 Å². The first kappa shape index (κ1) is 12.1. The molecule has 1 aromatic carbocycles. The van der Waals surface area contributed by atoms with E-state index >= 15 is 0 Å². The molecular formula is C13H16O4. The van der Waals surface area contributed by atoms with Crippen molar-refractivity contribution in [3.63, 3.8) is 0 Å². The molecule has 0 unspecified atom stereocenters. The molecule has 1 aliphatic heterocycles. The first-order chi connectivity index (χ1) is 8.25. The largest absolute Gasteiger partial charge is 0.459 e. The maximum atomic E-state index is 10.9. The van der Waals surface area contributed by atoms with Gasteiger partial charge >= 0.3 is 5.97 Å². The minimum atomic E-state index is -0.731. The lowest BCUT2D eigenvalue weighted by atomic mass is 10.1. The molecule has 0 spiro atoms. The second-order valence-electron chi connectivity index (χ2n) is 4.14. The van der Waals surface area contributed by atoms with Gasteiger partial charge in [-0.2, -0.15) is 0 Å². The molecule has 0 aromatic heterocycles. The monoisotopic (exact) mass is 236 g/mol. The van der Waals surface area contributed by atoms with Gasteiger partial charge in [0.25, 0.3) is 0 Å². The van der Waals surface area contributed by atoms with Crippen LogP contribution in [0.2, 0.25) is 0 Å². The van der Waals surface area contributed by atoms with E-state index in [0.717, 1.165) is 5.56 Å². The average Bonchev–Trinajstić information content (AvgIpc) is 2.77. The Hall–Kier alpha value is -1.39. The SMILES string of the molecule is O=C1CC[C@@H]([C@@H](O)COCc2ccccc2)O1. The van der Waals surface area contributed by atoms with Crippen LogP contribution in [0.1, 0.15) is 18.4 Å². The third kappa shape index (κ3) is 3.54. The molecule has 2 atom stereocenters. The number of ether oxygens (including phenoxy) is 2. The van der Waals surface area contributed by atoms with Crippen molar-refractivity contribution in [2.75, 3.05) is 6.61 Å². The summed E-state index contributed by atoms with van der Waals surface area (Å²) in [7, 11) is 0. The highest BCUT2D eigenvalue weighted by atomic mass is 16.6. The summed E-state index contributed by atoms with van der Waals surface area (Å²) in [6.07, 6.45) is -0.168. The van der Waals surface area contributed by atoms with Crippen LogP contribution in [0.15, 0.2) is 30.3 Å². The van der Waals surface area contributed by atoms with Gasteiger partial charge in [0, 0.05) is 6.42 Å². The van der Waals surface area contributed by atoms with Crippen LogP contribution < -0.4 is 0 Å². The second-order valence-corrected chi connectivity index (χ2v) is 4.14. The normalized spacial score (nSPS) is 21.2. The van der Waals surface area contributed by atoms with E-state index in [1.807, 2.05) is 30.3 Å². The van der Waals surface area contributed by atoms with E-state index in [9.17, 15) is 9.90 Å². The maximum Gasteiger partial charge on any atom is 0.306 e. The molecule has 0 saturated carbocycles. The Morgan fingerprint density at radius 3 is 2.82 bits per heavy atom. The van der Waals surface area contributed by atoms with Crippen molar-refractivity contribution in [2.45, 2.75) is 31.7 Å². The fraction of sp³-hybridized carbons (Fsp3) is 0.462. The summed E-state index contributed by atoms with van der Waals surface area (Å²) in [6.45, 7) is 0.644. The van der Waals surface area contributed by atoms with Crippen LogP contribution >= 0.6 is 0 Å². The molecule has 4 nitrogen and oxygen atoms in total. The van der Waals surface area contributed by atoms with E-state index in [4.69, 9.17) is 9.47 Å². The summed E-state index contributed by atoms with van der Waals surface area (Å²) in [5.74, 6) is -0.239. The van der Waals surface area contributed by atoms with Gasteiger partial charge in [0.15, 0.2) is 0 Å². The minimum absolute atomic E-state index is 0.187. The van der Waals surface area contributed by atoms with Gasteiger partial charge in [-0.15, -0.1) is 0 Å². The Morgan fingerprint density at radius 1 is 1.41 bits per heavy atom. The summed E-state index contributed by atoms with van der Waals surface area (Å²) >= 11 is 0. The molecule has 4 heteroatoms. The van der Waals surface area contributed by atoms with E-state index in [2.05, 4.69) is 0 Å². The van der Waals surface area contributed by atoms with E-state index in [1.54, 1.807) is 0 Å². The van der Waals surface area contributed by atoms with Crippen LogP contribution in [0.25, 0.3) is 0 Å². The van der Waals surface area contributed by atoms with Crippen molar-refractivity contribution in [2.24, 2.45) is 0 Å². The predicted molar refractivity (Wildman–Crippen MR) is 61.2 cm³/mol. The molecule has 92 valence electrons. The van der Waals surface area contributed by atoms with E-state index in [1.165, 1.54) is 0 Å². The van der Waals surface area contributed by atoms with Gasteiger partial charge in [-0.3, -0.25) is 4.79 Å². The molecule has 0 radical (unpaired) electrons. The fourth-order valence-electron chi connectivity index (χ4n) is 1.80. The summed E-state index contributed by atoms with van der Waals surface area (Å²) in [5.41, 5.74) is 1.06. The Morgan fingerprint density at radius 2 is 2.18 bits per heavy atom. The Bertz CT molecular complexity index is 363. The molecule has 1 aromatic rings. The Kier molecular flexibility index (Phi) is 4.12. The van der Waals surface area contributed by atoms with Crippen molar-refractivity contribution in [1.82, 2.24) is 0 Å². The maximum absolute atomic E-state index is 10.9. The first-order valence-corrected chi connectivity index (χ1v) is 5.75. The number of cyclic esters (lactones) is 1. The number of hydrogen-bond donors (Lipinski definition) is 1. The summed E-state index contributed by atoms with van der Waals surface area (Å²) < 4.78 is 10.3. The number of aliphatic hydroxyl groups excluding tert-OH is 1. The van der Waals surface area contributed by atoms with Crippen LogP contribution in [0.4, 0.5) is 0 Å². The topological polar surface area (TPSA) is 55.8 Å². The van der Waals surface area contributed by atoms with Gasteiger partial charge in [0.1, 0.15) is 12.2 Å². The summed E-state index contributed by atoms with van der Waals surface area (Å²) in [6, 6.07) is 9.74. The zero-order valence-electron chi connectivity index (χ0n) is 9.54. The zero-order chi connectivity index (χ0) is 12.1. The number of benzene rings is 1. The highest BCUT2D eigenvalue weighted by Gasteiger charge is 2.29. The average molecular weight is 236 g/mol. The molecule has 2 rings (SSSR count). The third-order valence-electron chi connectivity index (χ3n) is 2.75. The van der Waals surface area contributed by atoms with E-state index < -0.39 is 12.2 Å². The van der Waals surface area contributed by atoms with E-state index in [-0.39, 0.29) is 12.6 Å². The number of hydrogen-bond acceptors (Lipinski definition) is 4. The number of carbonyl (C=O) groups excluding carboxylic acids is 1. The molecule has 1 N–H and O–H groups in total. The van der Waals surface area contributed by atoms with Crippen LogP contribution in [0.3, 0.4) is 0 Å². The van der Waals surface area contributed by atoms with Gasteiger partial charge < -0.3 is 14.6 Å². The molecule has 1 saturated heterocycles. The van der Waals surface area contributed by atoms with Gasteiger partial charge in [0.2, 0.25) is 0 Å². The van der Waals surface area contributed by atoms with Crippen LogP contribution in [0.5, 0.6) is 0 Å². The van der Waals surface area contributed by atoms with Crippen molar-refractivity contribution in [1.29, 1.82) is 0 Å². The highest BCUT2D eigenvalue weighted by Crippen LogP contribution is 2.17. The highest BCUT2D eigenvalue weighted by molar-refractivity contribution is 5.71. The van der Waals surface area contributed by atoms with Crippen LogP contribution in [-0.2, 0) is 20.9 Å². The molecule has 0 amide bonds. The third-order valence-corrected chi connectivity index (χ3v) is 2.75. The number of rotatable bonds is 5. The molecule has 17 heavy (non-hydrogen) atoms. The van der Waals surface area contributed by atoms with Crippen molar-refractivity contribution >= 4 is 5.97 Å². The lowest BCUT2D eigenvalue weighted by Crippen LogP contribution is -2.30. The van der Waals surface area contributed by atoms with Gasteiger partial charge in [-0.25, -0.2) is 0 Å². The number of esters is 1. The van der Waals surface area contributed by atoms with Crippen molar-refractivity contribution < 1.29 is 19.4 Å². The van der Waals surface area contributed by atoms with Gasteiger partial charge in [0.05, 0.1) is 13.2 Å². The standard InChI is InChI=1S/C13H16O4/c14-11(12-6-7-13(15)17-12)9-16-8-10-4-2-1-3-5-10/h1-5,11-12,14H,6-9H2/t11-,12-/m0/s1. The molecule has 1 aliphatic rings.